The maximum Gasteiger partial charge on any atom is 0.306 e. The van der Waals surface area contributed by atoms with Crippen LogP contribution in [0.25, 0.3) is 0 Å². The molecule has 6 nitrogen and oxygen atoms in total. The quantitative estimate of drug-likeness (QED) is 0.0261. The molecule has 6 heteroatoms. The van der Waals surface area contributed by atoms with Crippen LogP contribution in [0.2, 0.25) is 0 Å². The summed E-state index contributed by atoms with van der Waals surface area (Å²) in [5, 5.41) is 0. The summed E-state index contributed by atoms with van der Waals surface area (Å²) in [6, 6.07) is 0. The number of allylic oxidation sites excluding steroid dienone is 16. The van der Waals surface area contributed by atoms with Gasteiger partial charge in [0.25, 0.3) is 0 Å². The van der Waals surface area contributed by atoms with E-state index in [2.05, 4.69) is 118 Å². The molecule has 0 amide bonds. The van der Waals surface area contributed by atoms with Crippen molar-refractivity contribution in [2.75, 3.05) is 13.2 Å². The third-order valence-electron chi connectivity index (χ3n) is 14.3. The smallest absolute Gasteiger partial charge is 0.306 e. The lowest BCUT2D eigenvalue weighted by molar-refractivity contribution is -0.167. The van der Waals surface area contributed by atoms with Crippen molar-refractivity contribution in [2.45, 2.75) is 329 Å². The van der Waals surface area contributed by atoms with E-state index >= 15 is 0 Å². The van der Waals surface area contributed by atoms with Gasteiger partial charge in [0.05, 0.1) is 0 Å². The van der Waals surface area contributed by atoms with Gasteiger partial charge in [0.2, 0.25) is 0 Å². The Bertz CT molecular complexity index is 1530. The molecule has 0 fully saturated rings. The number of rotatable bonds is 60. The molecule has 0 radical (unpaired) electrons. The molecule has 0 N–H and O–H groups in total. The third-order valence-corrected chi connectivity index (χ3v) is 14.3. The average molecular weight is 1090 g/mol. The van der Waals surface area contributed by atoms with Crippen LogP contribution in [0, 0.1) is 0 Å². The lowest BCUT2D eigenvalue weighted by Gasteiger charge is -2.18. The van der Waals surface area contributed by atoms with Crippen LogP contribution >= 0.6 is 0 Å². The van der Waals surface area contributed by atoms with Crippen molar-refractivity contribution in [3.8, 4) is 0 Å². The first kappa shape index (κ1) is 74.3. The molecule has 0 aliphatic rings. The fourth-order valence-corrected chi connectivity index (χ4v) is 9.33. The highest BCUT2D eigenvalue weighted by Crippen LogP contribution is 2.17. The van der Waals surface area contributed by atoms with Crippen molar-refractivity contribution in [3.05, 3.63) is 97.2 Å². The Labute approximate surface area is 483 Å². The van der Waals surface area contributed by atoms with Crippen molar-refractivity contribution in [2.24, 2.45) is 0 Å². The van der Waals surface area contributed by atoms with E-state index in [-0.39, 0.29) is 31.1 Å². The van der Waals surface area contributed by atoms with E-state index in [0.29, 0.717) is 19.3 Å². The summed E-state index contributed by atoms with van der Waals surface area (Å²) in [4.78, 5) is 38.3. The molecule has 1 atom stereocenters. The number of ether oxygens (including phenoxy) is 3. The molecule has 0 aromatic rings. The maximum absolute atomic E-state index is 12.9. The molecule has 0 aromatic heterocycles. The first-order valence-corrected chi connectivity index (χ1v) is 33.2. The van der Waals surface area contributed by atoms with Gasteiger partial charge in [0.15, 0.2) is 6.10 Å². The third kappa shape index (κ3) is 63.2. The van der Waals surface area contributed by atoms with Crippen LogP contribution < -0.4 is 0 Å². The average Bonchev–Trinajstić information content (AvgIpc) is 3.44. The number of carbonyl (C=O) groups is 3. The van der Waals surface area contributed by atoms with Gasteiger partial charge in [-0.3, -0.25) is 14.4 Å². The van der Waals surface area contributed by atoms with Crippen molar-refractivity contribution in [1.82, 2.24) is 0 Å². The van der Waals surface area contributed by atoms with Crippen LogP contribution in [-0.4, -0.2) is 37.2 Å². The highest BCUT2D eigenvalue weighted by Gasteiger charge is 2.19. The SMILES string of the molecule is CC/C=C\C/C=C\C/C=C\C/C=C\CCCCCCCCCCCCCCCCCCCCC(=O)OCC(COC(=O)CCCCCCC/C=C\C/C=C\CCC)OC(=O)CCCCCCC/C=C\C/C=C\CCCCCC. The molecule has 0 rings (SSSR count). The second kappa shape index (κ2) is 65.8. The van der Waals surface area contributed by atoms with Gasteiger partial charge in [-0.25, -0.2) is 0 Å². The molecule has 78 heavy (non-hydrogen) atoms. The van der Waals surface area contributed by atoms with E-state index in [1.807, 2.05) is 0 Å². The molecule has 0 saturated heterocycles. The van der Waals surface area contributed by atoms with E-state index in [0.717, 1.165) is 141 Å². The van der Waals surface area contributed by atoms with Crippen molar-refractivity contribution in [3.63, 3.8) is 0 Å². The van der Waals surface area contributed by atoms with E-state index in [9.17, 15) is 14.4 Å². The van der Waals surface area contributed by atoms with Gasteiger partial charge in [-0.2, -0.15) is 0 Å². The topological polar surface area (TPSA) is 78.9 Å². The summed E-state index contributed by atoms with van der Waals surface area (Å²) < 4.78 is 16.9. The monoisotopic (exact) mass is 1080 g/mol. The summed E-state index contributed by atoms with van der Waals surface area (Å²) in [5.41, 5.74) is 0. The largest absolute Gasteiger partial charge is 0.462 e. The van der Waals surface area contributed by atoms with E-state index < -0.39 is 6.10 Å². The normalized spacial score (nSPS) is 12.7. The maximum atomic E-state index is 12.9. The predicted octanol–water partition coefficient (Wildman–Crippen LogP) is 22.8. The van der Waals surface area contributed by atoms with E-state index in [1.54, 1.807) is 0 Å². The van der Waals surface area contributed by atoms with Gasteiger partial charge < -0.3 is 14.2 Å². The second-order valence-corrected chi connectivity index (χ2v) is 22.0. The minimum absolute atomic E-state index is 0.0851. The van der Waals surface area contributed by atoms with Gasteiger partial charge in [0, 0.05) is 19.3 Å². The Balaban J connectivity index is 4.20. The highest BCUT2D eigenvalue weighted by molar-refractivity contribution is 5.71. The molecule has 0 bridgehead atoms. The van der Waals surface area contributed by atoms with E-state index in [1.165, 1.54) is 141 Å². The molecular weight excluding hydrogens is 961 g/mol. The van der Waals surface area contributed by atoms with Gasteiger partial charge in [0.1, 0.15) is 13.2 Å². The fourth-order valence-electron chi connectivity index (χ4n) is 9.33. The molecule has 1 unspecified atom stereocenters. The fraction of sp³-hybridized carbons (Fsp3) is 0.736. The molecule has 448 valence electrons. The lowest BCUT2D eigenvalue weighted by Crippen LogP contribution is -2.30. The van der Waals surface area contributed by atoms with Crippen LogP contribution in [0.5, 0.6) is 0 Å². The molecule has 0 aromatic carbocycles. The van der Waals surface area contributed by atoms with Crippen LogP contribution in [0.4, 0.5) is 0 Å². The molecule has 0 heterocycles. The first-order valence-electron chi connectivity index (χ1n) is 33.2. The number of hydrogen-bond acceptors (Lipinski definition) is 6. The van der Waals surface area contributed by atoms with Crippen molar-refractivity contribution >= 4 is 17.9 Å². The number of unbranched alkanes of at least 4 members (excludes halogenated alkanes) is 33. The zero-order chi connectivity index (χ0) is 56.4. The van der Waals surface area contributed by atoms with E-state index in [4.69, 9.17) is 14.2 Å². The highest BCUT2D eigenvalue weighted by atomic mass is 16.6. The number of esters is 3. The molecule has 0 spiro atoms. The summed E-state index contributed by atoms with van der Waals surface area (Å²) in [5.74, 6) is -0.902. The summed E-state index contributed by atoms with van der Waals surface area (Å²) in [6.07, 6.45) is 88.6. The van der Waals surface area contributed by atoms with Gasteiger partial charge in [-0.1, -0.05) is 285 Å². The Morgan fingerprint density at radius 2 is 0.526 bits per heavy atom. The zero-order valence-electron chi connectivity index (χ0n) is 51.4. The minimum Gasteiger partial charge on any atom is -0.462 e. The minimum atomic E-state index is -0.790. The van der Waals surface area contributed by atoms with Gasteiger partial charge in [-0.15, -0.1) is 0 Å². The standard InChI is InChI=1S/C72H124O6/c1-4-7-10-13-16-19-22-25-27-29-30-31-32-33-34-35-36-37-38-39-40-41-42-43-45-47-50-53-56-59-62-65-71(74)77-68-69(67-76-70(73)64-61-58-55-52-49-46-24-21-18-15-12-9-6-3)78-72(75)66-63-60-57-54-51-48-44-28-26-23-20-17-14-11-8-5-2/h7,10,12,15-16,19-21,23-25,27-28,30-31,44,69H,4-6,8-9,11,13-14,17-18,22,26,29,32-43,45-68H2,1-3H3/b10-7-,15-12-,19-16-,23-20-,24-21-,27-25-,31-30-,44-28-. The van der Waals surface area contributed by atoms with Gasteiger partial charge in [-0.05, 0) is 116 Å². The molecule has 0 aliphatic heterocycles. The van der Waals surface area contributed by atoms with Crippen molar-refractivity contribution < 1.29 is 28.6 Å². The lowest BCUT2D eigenvalue weighted by atomic mass is 10.0. The van der Waals surface area contributed by atoms with Crippen LogP contribution in [-0.2, 0) is 28.6 Å². The number of hydrogen-bond donors (Lipinski definition) is 0. The molecule has 0 aliphatic carbocycles. The molecular formula is C72H124O6. The Hall–Kier alpha value is -3.67. The number of carbonyl (C=O) groups excluding carboxylic acids is 3. The summed E-state index contributed by atoms with van der Waals surface area (Å²) in [7, 11) is 0. The van der Waals surface area contributed by atoms with Crippen molar-refractivity contribution in [1.29, 1.82) is 0 Å². The van der Waals surface area contributed by atoms with Crippen LogP contribution in [0.15, 0.2) is 97.2 Å². The predicted molar refractivity (Wildman–Crippen MR) is 339 cm³/mol. The van der Waals surface area contributed by atoms with Crippen LogP contribution in [0.1, 0.15) is 323 Å². The summed E-state index contributed by atoms with van der Waals surface area (Å²) in [6.45, 7) is 6.45. The summed E-state index contributed by atoms with van der Waals surface area (Å²) >= 11 is 0. The Morgan fingerprint density at radius 3 is 0.833 bits per heavy atom. The van der Waals surface area contributed by atoms with Gasteiger partial charge >= 0.3 is 17.9 Å². The zero-order valence-corrected chi connectivity index (χ0v) is 51.4. The Morgan fingerprint density at radius 1 is 0.269 bits per heavy atom. The van der Waals surface area contributed by atoms with Crippen LogP contribution in [0.3, 0.4) is 0 Å². The molecule has 0 saturated carbocycles. The first-order chi connectivity index (χ1) is 38.5. The second-order valence-electron chi connectivity index (χ2n) is 22.0. The Kier molecular flexibility index (Phi) is 62.7.